The zero-order valence-corrected chi connectivity index (χ0v) is 13.3. The Morgan fingerprint density at radius 3 is 2.04 bits per heavy atom. The van der Waals surface area contributed by atoms with Gasteiger partial charge in [0, 0.05) is 13.5 Å². The first-order valence-corrected chi connectivity index (χ1v) is 7.67. The maximum absolute atomic E-state index is 12.8. The van der Waals surface area contributed by atoms with Crippen molar-refractivity contribution in [2.45, 2.75) is 13.0 Å². The molecule has 5 nitrogen and oxygen atoms in total. The molecule has 0 aliphatic carbocycles. The number of hydrogen-bond acceptors (Lipinski definition) is 2. The summed E-state index contributed by atoms with van der Waals surface area (Å²) in [5.41, 5.74) is 1.95. The molecule has 1 aromatic heterocycles. The number of carboxylic acids is 1. The van der Waals surface area contributed by atoms with Crippen molar-refractivity contribution in [3.8, 4) is 0 Å². The van der Waals surface area contributed by atoms with Crippen LogP contribution < -0.4 is 5.56 Å². The monoisotopic (exact) mass is 322 g/mol. The fourth-order valence-corrected chi connectivity index (χ4v) is 2.87. The number of carboxylic acid groups (broad SMARTS) is 1. The van der Waals surface area contributed by atoms with Crippen molar-refractivity contribution in [1.29, 1.82) is 0 Å². The molecule has 0 unspecified atom stereocenters. The smallest absolute Gasteiger partial charge is 0.354 e. The molecule has 0 fully saturated rings. The predicted molar refractivity (Wildman–Crippen MR) is 91.4 cm³/mol. The highest BCUT2D eigenvalue weighted by Crippen LogP contribution is 2.13. The van der Waals surface area contributed by atoms with Gasteiger partial charge in [0.2, 0.25) is 0 Å². The summed E-state index contributed by atoms with van der Waals surface area (Å²) in [5.74, 6) is -1.09. The second-order valence-electron chi connectivity index (χ2n) is 5.67. The summed E-state index contributed by atoms with van der Waals surface area (Å²) in [7, 11) is 1.61. The third-order valence-corrected chi connectivity index (χ3v) is 4.07. The van der Waals surface area contributed by atoms with Crippen molar-refractivity contribution in [3.05, 3.63) is 93.4 Å². The van der Waals surface area contributed by atoms with Gasteiger partial charge in [-0.25, -0.2) is 9.48 Å². The van der Waals surface area contributed by atoms with Crippen molar-refractivity contribution in [2.75, 3.05) is 0 Å². The molecule has 0 spiro atoms. The molecule has 0 saturated heterocycles. The van der Waals surface area contributed by atoms with E-state index in [1.165, 1.54) is 9.36 Å². The Hall–Kier alpha value is -3.08. The zero-order valence-electron chi connectivity index (χ0n) is 13.3. The minimum atomic E-state index is -1.09. The first kappa shape index (κ1) is 15.8. The van der Waals surface area contributed by atoms with E-state index in [1.54, 1.807) is 7.05 Å². The van der Waals surface area contributed by atoms with E-state index in [4.69, 9.17) is 0 Å². The summed E-state index contributed by atoms with van der Waals surface area (Å²) in [6, 6.07) is 18.9. The third-order valence-electron chi connectivity index (χ3n) is 4.07. The van der Waals surface area contributed by atoms with Crippen LogP contribution >= 0.6 is 0 Å². The van der Waals surface area contributed by atoms with E-state index in [1.807, 2.05) is 60.7 Å². The zero-order chi connectivity index (χ0) is 17.1. The van der Waals surface area contributed by atoms with Gasteiger partial charge in [-0.2, -0.15) is 0 Å². The molecule has 0 aliphatic heterocycles. The third kappa shape index (κ3) is 3.01. The molecule has 0 radical (unpaired) electrons. The topological polar surface area (TPSA) is 64.2 Å². The number of aromatic carboxylic acids is 1. The van der Waals surface area contributed by atoms with Gasteiger partial charge in [-0.3, -0.25) is 9.48 Å². The molecule has 0 amide bonds. The molecule has 0 atom stereocenters. The number of nitrogens with zero attached hydrogens (tertiary/aromatic N) is 2. The molecule has 3 rings (SSSR count). The maximum atomic E-state index is 12.8. The highest BCUT2D eigenvalue weighted by Gasteiger charge is 2.23. The van der Waals surface area contributed by atoms with Crippen LogP contribution in [0.15, 0.2) is 65.5 Å². The average molecular weight is 322 g/mol. The highest BCUT2D eigenvalue weighted by molar-refractivity contribution is 5.87. The van der Waals surface area contributed by atoms with Gasteiger partial charge in [0.15, 0.2) is 5.69 Å². The van der Waals surface area contributed by atoms with Crippen LogP contribution in [0.1, 0.15) is 27.2 Å². The molecule has 24 heavy (non-hydrogen) atoms. The van der Waals surface area contributed by atoms with Crippen LogP contribution in [0.3, 0.4) is 0 Å². The first-order chi connectivity index (χ1) is 11.6. The summed E-state index contributed by atoms with van der Waals surface area (Å²) in [6.07, 6.45) is 0.303. The summed E-state index contributed by atoms with van der Waals surface area (Å²) < 4.78 is 2.91. The lowest BCUT2D eigenvalue weighted by atomic mass is 10.1. The van der Waals surface area contributed by atoms with E-state index in [0.717, 1.165) is 11.1 Å². The average Bonchev–Trinajstić information content (AvgIpc) is 2.81. The summed E-state index contributed by atoms with van der Waals surface area (Å²) in [5, 5.41) is 9.56. The summed E-state index contributed by atoms with van der Waals surface area (Å²) >= 11 is 0. The number of rotatable bonds is 5. The van der Waals surface area contributed by atoms with Gasteiger partial charge in [0.1, 0.15) is 0 Å². The molecule has 0 aliphatic rings. The molecule has 2 aromatic carbocycles. The standard InChI is InChI=1S/C19H18N2O3/c1-20-17(19(23)24)16(12-14-8-4-2-5-9-14)18(22)21(20)13-15-10-6-3-7-11-15/h2-11H,12-13H2,1H3,(H,23,24). The number of benzene rings is 2. The van der Waals surface area contributed by atoms with Crippen LogP contribution in [0.25, 0.3) is 0 Å². The molecule has 0 bridgehead atoms. The Morgan fingerprint density at radius 2 is 1.50 bits per heavy atom. The summed E-state index contributed by atoms with van der Waals surface area (Å²) in [6.45, 7) is 0.339. The van der Waals surface area contributed by atoms with E-state index in [9.17, 15) is 14.7 Å². The predicted octanol–water partition coefficient (Wildman–Crippen LogP) is 2.52. The number of hydrogen-bond donors (Lipinski definition) is 1. The first-order valence-electron chi connectivity index (χ1n) is 7.67. The lowest BCUT2D eigenvalue weighted by Gasteiger charge is -2.08. The Bertz CT molecular complexity index is 909. The van der Waals surface area contributed by atoms with E-state index >= 15 is 0 Å². The Kier molecular flexibility index (Phi) is 4.33. The Morgan fingerprint density at radius 1 is 0.958 bits per heavy atom. The SMILES string of the molecule is Cn1c(C(=O)O)c(Cc2ccccc2)c(=O)n1Cc1ccccc1. The minimum Gasteiger partial charge on any atom is -0.477 e. The maximum Gasteiger partial charge on any atom is 0.354 e. The van der Waals surface area contributed by atoms with Crippen molar-refractivity contribution < 1.29 is 9.90 Å². The molecular formula is C19H18N2O3. The minimum absolute atomic E-state index is 0.0415. The Labute approximate surface area is 139 Å². The molecule has 3 aromatic rings. The van der Waals surface area contributed by atoms with Crippen molar-refractivity contribution in [2.24, 2.45) is 7.05 Å². The normalized spacial score (nSPS) is 10.7. The van der Waals surface area contributed by atoms with Gasteiger partial charge in [-0.1, -0.05) is 60.7 Å². The van der Waals surface area contributed by atoms with Crippen molar-refractivity contribution in [3.63, 3.8) is 0 Å². The van der Waals surface area contributed by atoms with Gasteiger partial charge < -0.3 is 5.11 Å². The number of carbonyl (C=O) groups is 1. The molecular weight excluding hydrogens is 304 g/mol. The van der Waals surface area contributed by atoms with Gasteiger partial charge in [-0.15, -0.1) is 0 Å². The van der Waals surface area contributed by atoms with Crippen LogP contribution in [-0.2, 0) is 20.0 Å². The molecule has 1 heterocycles. The van der Waals surface area contributed by atoms with Gasteiger partial charge in [0.05, 0.1) is 12.1 Å². The molecule has 5 heteroatoms. The lowest BCUT2D eigenvalue weighted by Crippen LogP contribution is -2.23. The fraction of sp³-hybridized carbons (Fsp3) is 0.158. The second-order valence-corrected chi connectivity index (χ2v) is 5.67. The van der Waals surface area contributed by atoms with E-state index in [-0.39, 0.29) is 11.3 Å². The second kappa shape index (κ2) is 6.58. The van der Waals surface area contributed by atoms with Crippen molar-refractivity contribution >= 4 is 5.97 Å². The van der Waals surface area contributed by atoms with Gasteiger partial charge in [-0.05, 0) is 11.1 Å². The van der Waals surface area contributed by atoms with Gasteiger partial charge >= 0.3 is 5.97 Å². The van der Waals surface area contributed by atoms with Crippen LogP contribution in [0.2, 0.25) is 0 Å². The Balaban J connectivity index is 2.07. The van der Waals surface area contributed by atoms with Crippen molar-refractivity contribution in [1.82, 2.24) is 9.36 Å². The van der Waals surface area contributed by atoms with Crippen LogP contribution in [0, 0.1) is 0 Å². The largest absolute Gasteiger partial charge is 0.477 e. The highest BCUT2D eigenvalue weighted by atomic mass is 16.4. The molecule has 122 valence electrons. The quantitative estimate of drug-likeness (QED) is 0.785. The van der Waals surface area contributed by atoms with Gasteiger partial charge in [0.25, 0.3) is 5.56 Å². The van der Waals surface area contributed by atoms with E-state index in [0.29, 0.717) is 18.5 Å². The van der Waals surface area contributed by atoms with E-state index in [2.05, 4.69) is 0 Å². The number of aromatic nitrogens is 2. The van der Waals surface area contributed by atoms with Crippen LogP contribution in [0.5, 0.6) is 0 Å². The molecule has 1 N–H and O–H groups in total. The van der Waals surface area contributed by atoms with E-state index < -0.39 is 5.97 Å². The van der Waals surface area contributed by atoms with Crippen LogP contribution in [-0.4, -0.2) is 20.4 Å². The summed E-state index contributed by atoms with van der Waals surface area (Å²) in [4.78, 5) is 24.5. The fourth-order valence-electron chi connectivity index (χ4n) is 2.87. The molecule has 0 saturated carbocycles. The van der Waals surface area contributed by atoms with Crippen LogP contribution in [0.4, 0.5) is 0 Å². The lowest BCUT2D eigenvalue weighted by molar-refractivity contribution is 0.0682.